The van der Waals surface area contributed by atoms with Crippen molar-refractivity contribution in [3.63, 3.8) is 0 Å². The van der Waals surface area contributed by atoms with Crippen LogP contribution in [0.1, 0.15) is 30.5 Å². The Bertz CT molecular complexity index is 592. The predicted octanol–water partition coefficient (Wildman–Crippen LogP) is 4.85. The summed E-state index contributed by atoms with van der Waals surface area (Å²) in [6.07, 6.45) is 0. The molecule has 2 heteroatoms. The summed E-state index contributed by atoms with van der Waals surface area (Å²) < 4.78 is 0. The smallest absolute Gasteiger partial charge is 0.0840 e. The maximum Gasteiger partial charge on any atom is 0.0840 e. The van der Waals surface area contributed by atoms with Gasteiger partial charge < -0.3 is 5.11 Å². The molecule has 0 saturated heterocycles. The normalized spacial score (nSPS) is 11.7. The van der Waals surface area contributed by atoms with Crippen molar-refractivity contribution < 1.29 is 5.11 Å². The minimum atomic E-state index is -0.814. The molecule has 0 bridgehead atoms. The van der Waals surface area contributed by atoms with Crippen molar-refractivity contribution in [2.24, 2.45) is 0 Å². The summed E-state index contributed by atoms with van der Waals surface area (Å²) in [7, 11) is 0. The number of hydrogen-bond donors (Lipinski definition) is 1. The van der Waals surface area contributed by atoms with Gasteiger partial charge in [-0.2, -0.15) is 0 Å². The first-order valence-electron chi connectivity index (χ1n) is 6.39. The molecule has 0 unspecified atom stereocenters. The van der Waals surface area contributed by atoms with Crippen molar-refractivity contribution >= 4 is 11.6 Å². The lowest BCUT2D eigenvalue weighted by atomic mass is 9.94. The van der Waals surface area contributed by atoms with Gasteiger partial charge in [0.1, 0.15) is 0 Å². The molecule has 0 radical (unpaired) electrons. The molecule has 0 aromatic heterocycles. The Balaban J connectivity index is 2.46. The van der Waals surface area contributed by atoms with Crippen LogP contribution in [-0.2, 0) is 5.60 Å². The van der Waals surface area contributed by atoms with Crippen LogP contribution in [0.4, 0.5) is 0 Å². The third kappa shape index (κ3) is 2.83. The first kappa shape index (κ1) is 14.1. The van der Waals surface area contributed by atoms with Crippen LogP contribution in [0.15, 0.2) is 36.4 Å². The second-order valence-electron chi connectivity index (χ2n) is 5.51. The number of halogens is 1. The molecule has 1 N–H and O–H groups in total. The van der Waals surface area contributed by atoms with Gasteiger partial charge in [0, 0.05) is 5.56 Å². The molecule has 2 aromatic carbocycles. The second-order valence-corrected chi connectivity index (χ2v) is 5.88. The van der Waals surface area contributed by atoms with Gasteiger partial charge in [-0.25, -0.2) is 0 Å². The van der Waals surface area contributed by atoms with Crippen LogP contribution in [0.3, 0.4) is 0 Å². The zero-order valence-electron chi connectivity index (χ0n) is 11.8. The van der Waals surface area contributed by atoms with Gasteiger partial charge in [-0.1, -0.05) is 48.0 Å². The largest absolute Gasteiger partial charge is 0.386 e. The topological polar surface area (TPSA) is 20.2 Å². The molecular formula is C17H19ClO. The average Bonchev–Trinajstić information content (AvgIpc) is 2.35. The molecule has 2 rings (SSSR count). The summed E-state index contributed by atoms with van der Waals surface area (Å²) >= 11 is 6.41. The Morgan fingerprint density at radius 1 is 0.947 bits per heavy atom. The van der Waals surface area contributed by atoms with E-state index in [1.165, 1.54) is 5.56 Å². The van der Waals surface area contributed by atoms with Crippen molar-refractivity contribution in [3.05, 3.63) is 58.1 Å². The fraction of sp³-hybridized carbons (Fsp3) is 0.294. The Morgan fingerprint density at radius 3 is 2.05 bits per heavy atom. The maximum atomic E-state index is 9.96. The molecular weight excluding hydrogens is 256 g/mol. The Labute approximate surface area is 119 Å². The van der Waals surface area contributed by atoms with E-state index in [0.29, 0.717) is 0 Å². The third-order valence-corrected chi connectivity index (χ3v) is 4.05. The predicted molar refractivity (Wildman–Crippen MR) is 81.6 cm³/mol. The number of rotatable bonds is 2. The molecule has 0 saturated carbocycles. The molecule has 0 spiro atoms. The van der Waals surface area contributed by atoms with E-state index in [0.717, 1.165) is 27.3 Å². The lowest BCUT2D eigenvalue weighted by Crippen LogP contribution is -2.14. The van der Waals surface area contributed by atoms with E-state index in [4.69, 9.17) is 11.6 Å². The number of benzene rings is 2. The fourth-order valence-corrected chi connectivity index (χ4v) is 2.38. The summed E-state index contributed by atoms with van der Waals surface area (Å²) in [5.41, 5.74) is 4.50. The van der Waals surface area contributed by atoms with Gasteiger partial charge >= 0.3 is 0 Å². The number of hydrogen-bond acceptors (Lipinski definition) is 1. The molecule has 0 aliphatic rings. The lowest BCUT2D eigenvalue weighted by molar-refractivity contribution is 0.0786. The Morgan fingerprint density at radius 2 is 1.53 bits per heavy atom. The quantitative estimate of drug-likeness (QED) is 0.830. The van der Waals surface area contributed by atoms with Gasteiger partial charge in [-0.05, 0) is 49.9 Å². The molecule has 0 aliphatic heterocycles. The van der Waals surface area contributed by atoms with E-state index in [1.807, 2.05) is 37.3 Å². The van der Waals surface area contributed by atoms with E-state index < -0.39 is 5.60 Å². The van der Waals surface area contributed by atoms with Crippen LogP contribution in [0.2, 0.25) is 5.02 Å². The molecule has 0 heterocycles. The number of aliphatic hydroxyl groups is 1. The molecule has 0 fully saturated rings. The van der Waals surface area contributed by atoms with Crippen molar-refractivity contribution in [2.75, 3.05) is 0 Å². The first-order chi connectivity index (χ1) is 8.80. The molecule has 100 valence electrons. The molecule has 0 aliphatic carbocycles. The van der Waals surface area contributed by atoms with Gasteiger partial charge in [0.25, 0.3) is 0 Å². The van der Waals surface area contributed by atoms with E-state index >= 15 is 0 Å². The zero-order valence-corrected chi connectivity index (χ0v) is 12.5. The molecule has 0 atom stereocenters. The van der Waals surface area contributed by atoms with Crippen molar-refractivity contribution in [1.82, 2.24) is 0 Å². The summed E-state index contributed by atoms with van der Waals surface area (Å²) in [5.74, 6) is 0. The number of aryl methyl sites for hydroxylation is 1. The highest BCUT2D eigenvalue weighted by atomic mass is 35.5. The van der Waals surface area contributed by atoms with Gasteiger partial charge in [0.2, 0.25) is 0 Å². The van der Waals surface area contributed by atoms with Crippen LogP contribution in [0.5, 0.6) is 0 Å². The standard InChI is InChI=1S/C17H19ClO/c1-11-5-10-15(16(18)12(11)2)13-6-8-14(9-7-13)17(3,4)19/h5-10,19H,1-4H3. The fourth-order valence-electron chi connectivity index (χ4n) is 2.06. The van der Waals surface area contributed by atoms with Gasteiger partial charge in [0.05, 0.1) is 10.6 Å². The van der Waals surface area contributed by atoms with Gasteiger partial charge in [-0.15, -0.1) is 0 Å². The maximum absolute atomic E-state index is 9.96. The van der Waals surface area contributed by atoms with Crippen LogP contribution < -0.4 is 0 Å². The van der Waals surface area contributed by atoms with Crippen molar-refractivity contribution in [1.29, 1.82) is 0 Å². The van der Waals surface area contributed by atoms with Crippen LogP contribution in [0.25, 0.3) is 11.1 Å². The van der Waals surface area contributed by atoms with Crippen LogP contribution >= 0.6 is 11.6 Å². The van der Waals surface area contributed by atoms with Gasteiger partial charge in [0.15, 0.2) is 0 Å². The SMILES string of the molecule is Cc1ccc(-c2ccc(C(C)(C)O)cc2)c(Cl)c1C. The summed E-state index contributed by atoms with van der Waals surface area (Å²) in [6, 6.07) is 12.0. The van der Waals surface area contributed by atoms with E-state index in [9.17, 15) is 5.11 Å². The van der Waals surface area contributed by atoms with Crippen molar-refractivity contribution in [3.8, 4) is 11.1 Å². The van der Waals surface area contributed by atoms with Crippen LogP contribution in [-0.4, -0.2) is 5.11 Å². The van der Waals surface area contributed by atoms with Crippen molar-refractivity contribution in [2.45, 2.75) is 33.3 Å². The minimum Gasteiger partial charge on any atom is -0.386 e. The average molecular weight is 275 g/mol. The summed E-state index contributed by atoms with van der Waals surface area (Å²) in [6.45, 7) is 7.66. The van der Waals surface area contributed by atoms with E-state index in [1.54, 1.807) is 13.8 Å². The second kappa shape index (κ2) is 4.99. The van der Waals surface area contributed by atoms with Crippen LogP contribution in [0, 0.1) is 13.8 Å². The monoisotopic (exact) mass is 274 g/mol. The van der Waals surface area contributed by atoms with E-state index in [-0.39, 0.29) is 0 Å². The molecule has 1 nitrogen and oxygen atoms in total. The highest BCUT2D eigenvalue weighted by Gasteiger charge is 2.16. The summed E-state index contributed by atoms with van der Waals surface area (Å²) in [5, 5.41) is 10.8. The first-order valence-corrected chi connectivity index (χ1v) is 6.77. The lowest BCUT2D eigenvalue weighted by Gasteiger charge is -2.18. The Hall–Kier alpha value is -1.31. The highest BCUT2D eigenvalue weighted by molar-refractivity contribution is 6.34. The van der Waals surface area contributed by atoms with E-state index in [2.05, 4.69) is 13.0 Å². The summed E-state index contributed by atoms with van der Waals surface area (Å²) in [4.78, 5) is 0. The minimum absolute atomic E-state index is 0.802. The molecule has 0 amide bonds. The Kier molecular flexibility index (Phi) is 3.71. The molecule has 19 heavy (non-hydrogen) atoms. The van der Waals surface area contributed by atoms with Gasteiger partial charge in [-0.3, -0.25) is 0 Å². The zero-order chi connectivity index (χ0) is 14.2. The third-order valence-electron chi connectivity index (χ3n) is 3.56. The highest BCUT2D eigenvalue weighted by Crippen LogP contribution is 2.33. The molecule has 2 aromatic rings.